The first-order chi connectivity index (χ1) is 15.0. The van der Waals surface area contributed by atoms with Crippen molar-refractivity contribution in [1.29, 1.82) is 0 Å². The Bertz CT molecular complexity index is 1040. The van der Waals surface area contributed by atoms with Crippen molar-refractivity contribution in [3.8, 4) is 5.75 Å². The molecule has 4 nitrogen and oxygen atoms in total. The van der Waals surface area contributed by atoms with E-state index in [0.29, 0.717) is 26.2 Å². The zero-order valence-electron chi connectivity index (χ0n) is 17.9. The second-order valence-electron chi connectivity index (χ2n) is 8.13. The molecule has 1 saturated heterocycles. The molecule has 0 N–H and O–H groups in total. The van der Waals surface area contributed by atoms with Crippen molar-refractivity contribution in [3.63, 3.8) is 0 Å². The van der Waals surface area contributed by atoms with Gasteiger partial charge in [0, 0.05) is 38.3 Å². The molecule has 2 aromatic carbocycles. The van der Waals surface area contributed by atoms with Crippen LogP contribution in [0.4, 0.5) is 4.39 Å². The van der Waals surface area contributed by atoms with E-state index < -0.39 is 0 Å². The molecule has 0 atom stereocenters. The van der Waals surface area contributed by atoms with Gasteiger partial charge in [0.1, 0.15) is 18.2 Å². The van der Waals surface area contributed by atoms with E-state index in [1.54, 1.807) is 12.1 Å². The van der Waals surface area contributed by atoms with Crippen molar-refractivity contribution in [2.75, 3.05) is 26.2 Å². The normalized spacial score (nSPS) is 14.6. The molecule has 0 aliphatic carbocycles. The van der Waals surface area contributed by atoms with Gasteiger partial charge in [0.2, 0.25) is 0 Å². The highest BCUT2D eigenvalue weighted by Gasteiger charge is 2.23. The molecule has 2 heterocycles. The van der Waals surface area contributed by atoms with E-state index in [1.165, 1.54) is 28.5 Å². The van der Waals surface area contributed by atoms with Crippen molar-refractivity contribution in [1.82, 2.24) is 9.80 Å². The van der Waals surface area contributed by atoms with E-state index in [0.717, 1.165) is 34.8 Å². The molecule has 1 amide bonds. The van der Waals surface area contributed by atoms with E-state index in [2.05, 4.69) is 24.8 Å². The molecule has 6 heteroatoms. The van der Waals surface area contributed by atoms with Gasteiger partial charge in [-0.3, -0.25) is 9.69 Å². The summed E-state index contributed by atoms with van der Waals surface area (Å²) >= 11 is 1.47. The van der Waals surface area contributed by atoms with Gasteiger partial charge in [0.15, 0.2) is 0 Å². The molecule has 3 aromatic rings. The van der Waals surface area contributed by atoms with Gasteiger partial charge in [0.05, 0.1) is 4.88 Å². The van der Waals surface area contributed by atoms with Crippen LogP contribution in [0.15, 0.2) is 53.9 Å². The number of aryl methyl sites for hydroxylation is 2. The average molecular weight is 439 g/mol. The van der Waals surface area contributed by atoms with Crippen LogP contribution in [-0.4, -0.2) is 41.9 Å². The highest BCUT2D eigenvalue weighted by atomic mass is 32.1. The lowest BCUT2D eigenvalue weighted by atomic mass is 10.1. The fourth-order valence-corrected chi connectivity index (χ4v) is 4.77. The number of nitrogens with zero attached hydrogens (tertiary/aromatic N) is 2. The molecule has 0 bridgehead atoms. The van der Waals surface area contributed by atoms with Crippen LogP contribution in [0.5, 0.6) is 5.75 Å². The second kappa shape index (κ2) is 9.62. The molecule has 1 fully saturated rings. The van der Waals surface area contributed by atoms with Gasteiger partial charge in [-0.1, -0.05) is 18.2 Å². The van der Waals surface area contributed by atoms with Crippen LogP contribution < -0.4 is 4.74 Å². The number of ether oxygens (including phenoxy) is 1. The zero-order valence-corrected chi connectivity index (χ0v) is 18.8. The predicted molar refractivity (Wildman–Crippen MR) is 122 cm³/mol. The Hall–Kier alpha value is -2.70. The third-order valence-corrected chi connectivity index (χ3v) is 6.39. The molecule has 0 spiro atoms. The number of piperazine rings is 1. The molecule has 0 saturated carbocycles. The van der Waals surface area contributed by atoms with Crippen LogP contribution in [0.2, 0.25) is 0 Å². The molecule has 1 aromatic heterocycles. The Morgan fingerprint density at radius 3 is 2.45 bits per heavy atom. The van der Waals surface area contributed by atoms with Gasteiger partial charge in [-0.05, 0) is 66.2 Å². The van der Waals surface area contributed by atoms with Gasteiger partial charge >= 0.3 is 0 Å². The number of carbonyl (C=O) groups excluding carboxylic acids is 1. The Labute approximate surface area is 186 Å². The Balaban J connectivity index is 1.29. The van der Waals surface area contributed by atoms with Gasteiger partial charge in [0.25, 0.3) is 5.91 Å². The van der Waals surface area contributed by atoms with Crippen LogP contribution in [0, 0.1) is 19.7 Å². The van der Waals surface area contributed by atoms with Crippen LogP contribution >= 0.6 is 11.3 Å². The minimum Gasteiger partial charge on any atom is -0.489 e. The maximum atomic E-state index is 13.4. The molecule has 4 rings (SSSR count). The summed E-state index contributed by atoms with van der Waals surface area (Å²) in [6, 6.07) is 14.8. The minimum atomic E-state index is -0.207. The lowest BCUT2D eigenvalue weighted by molar-refractivity contribution is 0.0633. The first-order valence-electron chi connectivity index (χ1n) is 10.5. The number of benzene rings is 2. The fraction of sp³-hybridized carbons (Fsp3) is 0.320. The lowest BCUT2D eigenvalue weighted by Gasteiger charge is -2.34. The maximum Gasteiger partial charge on any atom is 0.264 e. The number of halogens is 1. The monoisotopic (exact) mass is 438 g/mol. The lowest BCUT2D eigenvalue weighted by Crippen LogP contribution is -2.48. The number of thiophene rings is 1. The largest absolute Gasteiger partial charge is 0.489 e. The molecule has 0 radical (unpaired) electrons. The topological polar surface area (TPSA) is 32.8 Å². The Kier molecular flexibility index (Phi) is 6.68. The quantitative estimate of drug-likeness (QED) is 0.541. The van der Waals surface area contributed by atoms with E-state index in [9.17, 15) is 9.18 Å². The van der Waals surface area contributed by atoms with Crippen molar-refractivity contribution in [2.24, 2.45) is 0 Å². The summed E-state index contributed by atoms with van der Waals surface area (Å²) in [6.45, 7) is 8.21. The van der Waals surface area contributed by atoms with E-state index in [-0.39, 0.29) is 11.7 Å². The SMILES string of the molecule is Cc1cc(C)cc(OCc2csc(C(=O)N3CCN(Cc4cccc(F)c4)CC3)c2)c1. The van der Waals surface area contributed by atoms with Gasteiger partial charge in [-0.15, -0.1) is 11.3 Å². The van der Waals surface area contributed by atoms with Crippen molar-refractivity contribution in [2.45, 2.75) is 27.0 Å². The van der Waals surface area contributed by atoms with Crippen LogP contribution in [-0.2, 0) is 13.2 Å². The summed E-state index contributed by atoms with van der Waals surface area (Å²) < 4.78 is 19.3. The third-order valence-electron chi connectivity index (χ3n) is 5.42. The number of carbonyl (C=O) groups is 1. The summed E-state index contributed by atoms with van der Waals surface area (Å²) in [5.41, 5.74) is 4.32. The predicted octanol–water partition coefficient (Wildman–Crippen LogP) is 5.04. The highest BCUT2D eigenvalue weighted by Crippen LogP contribution is 2.22. The van der Waals surface area contributed by atoms with Crippen molar-refractivity contribution >= 4 is 17.2 Å². The molecular weight excluding hydrogens is 411 g/mol. The number of rotatable bonds is 6. The number of hydrogen-bond acceptors (Lipinski definition) is 4. The van der Waals surface area contributed by atoms with Gasteiger partial charge < -0.3 is 9.64 Å². The van der Waals surface area contributed by atoms with Gasteiger partial charge in [-0.25, -0.2) is 4.39 Å². The van der Waals surface area contributed by atoms with Crippen LogP contribution in [0.1, 0.15) is 31.9 Å². The average Bonchev–Trinajstić information content (AvgIpc) is 3.21. The molecular formula is C25H27FN2O2S. The standard InChI is InChI=1S/C25H27FN2O2S/c1-18-10-19(2)12-23(11-18)30-16-21-14-24(31-17-21)25(29)28-8-6-27(7-9-28)15-20-4-3-5-22(26)13-20/h3-5,10-14,17H,6-9,15-16H2,1-2H3. The first-order valence-corrected chi connectivity index (χ1v) is 11.4. The van der Waals surface area contributed by atoms with Crippen LogP contribution in [0.25, 0.3) is 0 Å². The van der Waals surface area contributed by atoms with E-state index in [4.69, 9.17) is 4.74 Å². The molecule has 1 aliphatic rings. The Morgan fingerprint density at radius 1 is 1.00 bits per heavy atom. The first kappa shape index (κ1) is 21.5. The molecule has 162 valence electrons. The number of amides is 1. The molecule has 1 aliphatic heterocycles. The summed E-state index contributed by atoms with van der Waals surface area (Å²) in [5, 5.41) is 2.00. The number of hydrogen-bond donors (Lipinski definition) is 0. The summed E-state index contributed by atoms with van der Waals surface area (Å²) in [4.78, 5) is 17.8. The van der Waals surface area contributed by atoms with Crippen molar-refractivity contribution < 1.29 is 13.9 Å². The maximum absolute atomic E-state index is 13.4. The van der Waals surface area contributed by atoms with Crippen molar-refractivity contribution in [3.05, 3.63) is 86.9 Å². The second-order valence-corrected chi connectivity index (χ2v) is 9.04. The minimum absolute atomic E-state index is 0.0769. The summed E-state index contributed by atoms with van der Waals surface area (Å²) in [6.07, 6.45) is 0. The van der Waals surface area contributed by atoms with E-state index in [1.807, 2.05) is 34.5 Å². The Morgan fingerprint density at radius 2 is 1.74 bits per heavy atom. The van der Waals surface area contributed by atoms with E-state index >= 15 is 0 Å². The third kappa shape index (κ3) is 5.71. The smallest absolute Gasteiger partial charge is 0.264 e. The van der Waals surface area contributed by atoms with Gasteiger partial charge in [-0.2, -0.15) is 0 Å². The summed E-state index contributed by atoms with van der Waals surface area (Å²) in [7, 11) is 0. The summed E-state index contributed by atoms with van der Waals surface area (Å²) in [5.74, 6) is 0.723. The van der Waals surface area contributed by atoms with Crippen LogP contribution in [0.3, 0.4) is 0 Å². The highest BCUT2D eigenvalue weighted by molar-refractivity contribution is 7.12. The molecule has 0 unspecified atom stereocenters. The molecule has 31 heavy (non-hydrogen) atoms. The zero-order chi connectivity index (χ0) is 21.8. The fourth-order valence-electron chi connectivity index (χ4n) is 3.90.